The molecule has 0 aromatic carbocycles. The summed E-state index contributed by atoms with van der Waals surface area (Å²) >= 11 is 3.51. The first-order valence-corrected chi connectivity index (χ1v) is 7.91. The van der Waals surface area contributed by atoms with E-state index in [2.05, 4.69) is 46.3 Å². The quantitative estimate of drug-likeness (QED) is 0.720. The first-order valence-electron chi connectivity index (χ1n) is 7.12. The molecule has 2 aliphatic rings. The lowest BCUT2D eigenvalue weighted by molar-refractivity contribution is 0.207. The zero-order valence-electron chi connectivity index (χ0n) is 12.2. The van der Waals surface area contributed by atoms with Crippen LogP contribution in [-0.4, -0.2) is 41.3 Å². The number of halogens is 1. The summed E-state index contributed by atoms with van der Waals surface area (Å²) in [6.07, 6.45) is 7.25. The fourth-order valence-corrected chi connectivity index (χ4v) is 3.29. The summed E-state index contributed by atoms with van der Waals surface area (Å²) in [6.45, 7) is 9.33. The summed E-state index contributed by atoms with van der Waals surface area (Å²) < 4.78 is 0.915. The van der Waals surface area contributed by atoms with Gasteiger partial charge in [0.05, 0.1) is 12.6 Å². The molecule has 0 bridgehead atoms. The number of hydrogen-bond acceptors (Lipinski definition) is 2. The molecule has 1 saturated carbocycles. The van der Waals surface area contributed by atoms with E-state index in [-0.39, 0.29) is 0 Å². The third-order valence-corrected chi connectivity index (χ3v) is 4.89. The van der Waals surface area contributed by atoms with Crippen LogP contribution in [0.3, 0.4) is 0 Å². The Kier molecular flexibility index (Phi) is 4.71. The van der Waals surface area contributed by atoms with E-state index in [4.69, 9.17) is 4.99 Å². The van der Waals surface area contributed by atoms with Crippen LogP contribution in [0.15, 0.2) is 28.0 Å². The molecule has 4 heteroatoms. The Morgan fingerprint density at radius 3 is 2.63 bits per heavy atom. The van der Waals surface area contributed by atoms with E-state index < -0.39 is 0 Å². The number of aliphatic imine (C=N–C) groups is 1. The van der Waals surface area contributed by atoms with Gasteiger partial charge in [-0.2, -0.15) is 0 Å². The van der Waals surface area contributed by atoms with Gasteiger partial charge in [0.1, 0.15) is 10.4 Å². The highest BCUT2D eigenvalue weighted by molar-refractivity contribution is 9.11. The Labute approximate surface area is 125 Å². The Morgan fingerprint density at radius 1 is 1.42 bits per heavy atom. The van der Waals surface area contributed by atoms with Crippen molar-refractivity contribution in [2.75, 3.05) is 13.6 Å². The maximum atomic E-state index is 4.75. The number of rotatable bonds is 2. The molecule has 0 aromatic rings. The Balaban J connectivity index is 2.30. The van der Waals surface area contributed by atoms with Crippen molar-refractivity contribution in [2.45, 2.75) is 51.6 Å². The predicted molar refractivity (Wildman–Crippen MR) is 85.4 cm³/mol. The molecule has 0 radical (unpaired) electrons. The molecule has 3 nitrogen and oxygen atoms in total. The molecule has 19 heavy (non-hydrogen) atoms. The Morgan fingerprint density at radius 2 is 2.05 bits per heavy atom. The van der Waals surface area contributed by atoms with Gasteiger partial charge >= 0.3 is 0 Å². The third-order valence-electron chi connectivity index (χ3n) is 4.26. The van der Waals surface area contributed by atoms with Crippen molar-refractivity contribution in [2.24, 2.45) is 4.99 Å². The number of allylic oxidation sites excluding steroid dienone is 1. The first kappa shape index (κ1) is 14.6. The van der Waals surface area contributed by atoms with Crippen LogP contribution in [0, 0.1) is 0 Å². The second-order valence-corrected chi connectivity index (χ2v) is 6.32. The lowest BCUT2D eigenvalue weighted by Crippen LogP contribution is -2.55. The van der Waals surface area contributed by atoms with E-state index in [1.54, 1.807) is 0 Å². The van der Waals surface area contributed by atoms with E-state index in [1.165, 1.54) is 37.2 Å². The molecule has 0 spiro atoms. The second-order valence-electron chi connectivity index (χ2n) is 5.51. The van der Waals surface area contributed by atoms with E-state index in [9.17, 15) is 0 Å². The van der Waals surface area contributed by atoms with E-state index in [0.717, 1.165) is 11.2 Å². The minimum Gasteiger partial charge on any atom is -0.369 e. The number of hydrogen-bond donors (Lipinski definition) is 0. The van der Waals surface area contributed by atoms with Gasteiger partial charge in [-0.15, -0.1) is 0 Å². The van der Waals surface area contributed by atoms with E-state index in [0.29, 0.717) is 12.1 Å². The summed E-state index contributed by atoms with van der Waals surface area (Å²) in [6, 6.07) is 0.981. The first-order chi connectivity index (χ1) is 9.04. The zero-order chi connectivity index (χ0) is 14.0. The van der Waals surface area contributed by atoms with E-state index >= 15 is 0 Å². The van der Waals surface area contributed by atoms with Crippen molar-refractivity contribution >= 4 is 21.8 Å². The maximum Gasteiger partial charge on any atom is 0.126 e. The number of amidine groups is 1. The molecule has 0 aromatic heterocycles. The van der Waals surface area contributed by atoms with Gasteiger partial charge < -0.3 is 9.80 Å². The Bertz CT molecular complexity index is 408. The highest BCUT2D eigenvalue weighted by Gasteiger charge is 2.35. The van der Waals surface area contributed by atoms with Crippen molar-refractivity contribution in [3.8, 4) is 0 Å². The van der Waals surface area contributed by atoms with Gasteiger partial charge in [-0.25, -0.2) is 4.99 Å². The average Bonchev–Trinajstić information content (AvgIpc) is 2.89. The van der Waals surface area contributed by atoms with Crippen molar-refractivity contribution < 1.29 is 0 Å². The summed E-state index contributed by atoms with van der Waals surface area (Å²) in [4.78, 5) is 9.47. The number of nitrogens with zero attached hydrogens (tertiary/aromatic N) is 3. The molecular weight excluding hydrogens is 302 g/mol. The normalized spacial score (nSPS) is 28.6. The molecular formula is C15H24BrN3. The molecule has 2 rings (SSSR count). The molecule has 0 N–H and O–H groups in total. The number of piperazine rings is 1. The van der Waals surface area contributed by atoms with Gasteiger partial charge in [-0.05, 0) is 42.6 Å². The van der Waals surface area contributed by atoms with Crippen LogP contribution in [0.1, 0.15) is 39.5 Å². The smallest absolute Gasteiger partial charge is 0.126 e. The third kappa shape index (κ3) is 3.04. The van der Waals surface area contributed by atoms with Crippen LogP contribution in [0.5, 0.6) is 0 Å². The SMILES string of the molecule is C=C1C(C)N(C2CCCC2)/C(=N/C(Br)=C\C)CN1C. The second kappa shape index (κ2) is 6.12. The summed E-state index contributed by atoms with van der Waals surface area (Å²) in [5.41, 5.74) is 1.20. The molecule has 1 unspecified atom stereocenters. The molecule has 2 fully saturated rings. The summed E-state index contributed by atoms with van der Waals surface area (Å²) in [7, 11) is 2.10. The highest BCUT2D eigenvalue weighted by atomic mass is 79.9. The molecule has 0 amide bonds. The number of likely N-dealkylation sites (N-methyl/N-ethyl adjacent to an activating group) is 1. The molecule has 1 heterocycles. The predicted octanol–water partition coefficient (Wildman–Crippen LogP) is 3.73. The molecule has 1 aliphatic heterocycles. The van der Waals surface area contributed by atoms with Gasteiger partial charge in [0, 0.05) is 18.8 Å². The molecule has 1 aliphatic carbocycles. The van der Waals surface area contributed by atoms with Crippen molar-refractivity contribution in [3.63, 3.8) is 0 Å². The molecule has 1 saturated heterocycles. The van der Waals surface area contributed by atoms with Crippen LogP contribution in [0.4, 0.5) is 0 Å². The minimum absolute atomic E-state index is 0.345. The maximum absolute atomic E-state index is 4.75. The zero-order valence-corrected chi connectivity index (χ0v) is 13.8. The topological polar surface area (TPSA) is 18.8 Å². The van der Waals surface area contributed by atoms with Gasteiger partial charge in [0.15, 0.2) is 0 Å². The molecule has 106 valence electrons. The van der Waals surface area contributed by atoms with Crippen LogP contribution in [0.2, 0.25) is 0 Å². The Hall–Kier alpha value is -0.770. The monoisotopic (exact) mass is 325 g/mol. The fourth-order valence-electron chi connectivity index (χ4n) is 3.09. The van der Waals surface area contributed by atoms with Gasteiger partial charge in [0.25, 0.3) is 0 Å². The van der Waals surface area contributed by atoms with Gasteiger partial charge in [0.2, 0.25) is 0 Å². The summed E-state index contributed by atoms with van der Waals surface area (Å²) in [5.74, 6) is 1.17. The lowest BCUT2D eigenvalue weighted by atomic mass is 10.1. The van der Waals surface area contributed by atoms with Crippen LogP contribution in [-0.2, 0) is 0 Å². The van der Waals surface area contributed by atoms with Crippen LogP contribution in [0.25, 0.3) is 0 Å². The standard InChI is InChI=1S/C15H24BrN3/c1-5-14(16)17-15-10-18(4)11(2)12(3)19(15)13-8-6-7-9-13/h5,12-13H,2,6-10H2,1,3-4H3/b14-5-,17-15+. The largest absolute Gasteiger partial charge is 0.369 e. The van der Waals surface area contributed by atoms with E-state index in [1.807, 2.05) is 13.0 Å². The van der Waals surface area contributed by atoms with Gasteiger partial charge in [-0.3, -0.25) is 0 Å². The average molecular weight is 326 g/mol. The van der Waals surface area contributed by atoms with Crippen molar-refractivity contribution in [1.82, 2.24) is 9.80 Å². The lowest BCUT2D eigenvalue weighted by Gasteiger charge is -2.46. The summed E-state index contributed by atoms with van der Waals surface area (Å²) in [5, 5.41) is 0. The van der Waals surface area contributed by atoms with Crippen LogP contribution >= 0.6 is 15.9 Å². The highest BCUT2D eigenvalue weighted by Crippen LogP contribution is 2.31. The van der Waals surface area contributed by atoms with Crippen molar-refractivity contribution in [1.29, 1.82) is 0 Å². The van der Waals surface area contributed by atoms with Crippen molar-refractivity contribution in [3.05, 3.63) is 23.0 Å². The van der Waals surface area contributed by atoms with Crippen LogP contribution < -0.4 is 0 Å². The van der Waals surface area contributed by atoms with Gasteiger partial charge in [-0.1, -0.05) is 25.5 Å². The minimum atomic E-state index is 0.345. The fraction of sp³-hybridized carbons (Fsp3) is 0.667. The molecule has 1 atom stereocenters.